The molecule has 4 aromatic heterocycles. The first-order valence-corrected chi connectivity index (χ1v) is 24.0. The van der Waals surface area contributed by atoms with E-state index in [2.05, 4.69) is 132 Å². The number of furan rings is 1. The molecule has 0 amide bonds. The maximum atomic E-state index is 14.1. The van der Waals surface area contributed by atoms with Gasteiger partial charge in [-0.3, -0.25) is 4.98 Å². The van der Waals surface area contributed by atoms with Crippen molar-refractivity contribution in [2.24, 2.45) is 0 Å². The Morgan fingerprint density at radius 2 is 1.45 bits per heavy atom. The van der Waals surface area contributed by atoms with E-state index in [4.69, 9.17) is 14.4 Å². The van der Waals surface area contributed by atoms with Crippen molar-refractivity contribution in [2.45, 2.75) is 85.4 Å². The molecule has 307 valence electrons. The molecule has 0 saturated carbocycles. The summed E-state index contributed by atoms with van der Waals surface area (Å²) in [5.41, 5.74) is 11.7. The molecule has 9 rings (SSSR count). The third-order valence-corrected chi connectivity index (χ3v) is 13.1. The number of aromatic nitrogens is 4. The van der Waals surface area contributed by atoms with Crippen molar-refractivity contribution in [3.63, 3.8) is 0 Å². The maximum absolute atomic E-state index is 14.1. The molecule has 5 nitrogen and oxygen atoms in total. The minimum atomic E-state index is -1.23. The second kappa shape index (κ2) is 16.6. The van der Waals surface area contributed by atoms with Crippen LogP contribution in [0.4, 0.5) is 4.39 Å². The largest absolute Gasteiger partial charge is 0.486 e. The number of rotatable bonds is 6. The molecule has 4 heterocycles. The normalized spacial score (nSPS) is 12.1. The van der Waals surface area contributed by atoms with Gasteiger partial charge in [0.2, 0.25) is 5.71 Å². The van der Waals surface area contributed by atoms with E-state index >= 15 is 0 Å². The number of halogens is 1. The summed E-state index contributed by atoms with van der Waals surface area (Å²) in [6, 6.07) is 42.5. The van der Waals surface area contributed by atoms with Gasteiger partial charge in [0.1, 0.15) is 5.82 Å². The Morgan fingerprint density at radius 1 is 0.733 bits per heavy atom. The van der Waals surface area contributed by atoms with Crippen LogP contribution in [0.25, 0.3) is 72.3 Å². The fourth-order valence-electron chi connectivity index (χ4n) is 7.69. The van der Waals surface area contributed by atoms with Gasteiger partial charge in [-0.2, -0.15) is 0 Å². The molecule has 0 aliphatic heterocycles. The fourth-order valence-corrected chi connectivity index (χ4v) is 8.72. The van der Waals surface area contributed by atoms with Gasteiger partial charge in [0.15, 0.2) is 0 Å². The zero-order chi connectivity index (χ0) is 41.8. The number of pyridine rings is 2. The van der Waals surface area contributed by atoms with Gasteiger partial charge in [0, 0.05) is 42.8 Å². The molecule has 5 aromatic carbocycles. The average molecular weight is 987 g/mol. The number of nitrogens with zero attached hydrogens (tertiary/aromatic N) is 4. The minimum absolute atomic E-state index is 0. The van der Waals surface area contributed by atoms with Crippen molar-refractivity contribution in [2.75, 3.05) is 0 Å². The van der Waals surface area contributed by atoms with Crippen LogP contribution in [-0.2, 0) is 25.5 Å². The predicted octanol–water partition coefficient (Wildman–Crippen LogP) is 13.7. The van der Waals surface area contributed by atoms with Gasteiger partial charge in [-0.1, -0.05) is 115 Å². The number of hydrogen-bond donors (Lipinski definition) is 0. The van der Waals surface area contributed by atoms with Crippen LogP contribution in [0.1, 0.15) is 77.0 Å². The van der Waals surface area contributed by atoms with E-state index in [-0.39, 0.29) is 43.2 Å². The predicted molar refractivity (Wildman–Crippen MR) is 246 cm³/mol. The van der Waals surface area contributed by atoms with Crippen LogP contribution in [0, 0.1) is 17.9 Å². The van der Waals surface area contributed by atoms with Gasteiger partial charge in [-0.25, -0.2) is 9.37 Å². The summed E-state index contributed by atoms with van der Waals surface area (Å²) in [5.74, 6) is 1.05. The van der Waals surface area contributed by atoms with E-state index in [0.29, 0.717) is 16.8 Å². The van der Waals surface area contributed by atoms with Gasteiger partial charge in [0.25, 0.3) is 0 Å². The van der Waals surface area contributed by atoms with Gasteiger partial charge in [-0.05, 0) is 81.2 Å². The monoisotopic (exact) mass is 987 g/mol. The zero-order valence-electron chi connectivity index (χ0n) is 36.0. The number of imidazole rings is 1. The Morgan fingerprint density at radius 3 is 2.08 bits per heavy atom. The minimum Gasteiger partial charge on any atom is -0.486 e. The molecule has 60 heavy (non-hydrogen) atoms. The first kappa shape index (κ1) is 42.8. The summed E-state index contributed by atoms with van der Waals surface area (Å²) in [5, 5.41) is 3.87. The molecule has 0 saturated heterocycles. The molecular weight excluding hydrogens is 936 g/mol. The summed E-state index contributed by atoms with van der Waals surface area (Å²) in [6.07, 6.45) is 2.02. The molecule has 0 unspecified atom stereocenters. The SMILES string of the molecule is CC(C)c1cc(C(C)(C)C)cc(C(C)C)c1-n1c(-c2[c-]ccc3c2oc2nc4ccc(F)cc4cc23)nc2ccccc21.C[Si](C)(C)c1ccc(-c2[c-]cccc2)nc1.[Ir]. The molecule has 0 bridgehead atoms. The van der Waals surface area contributed by atoms with Crippen molar-refractivity contribution in [3.05, 3.63) is 150 Å². The molecule has 0 N–H and O–H groups in total. The fraction of sp³-hybridized carbons (Fsp3) is 0.250. The Balaban J connectivity index is 0.000000270. The standard InChI is InChI=1S/C38H35FN3O.C14H16NSi.Ir/c1-21(2)28-19-24(38(5,6)7)20-29(22(3)4)34(28)42-33-14-9-8-13-32(33)40-36(42)27-12-10-11-26-30-18-23-17-25(39)15-16-31(23)41-37(30)43-35(26)27;1-16(2,3)13-9-10-14(15-11-13)12-7-5-4-6-8-12;/h8-11,13-22H,1-7H3;4-7,9-11H,1-3H3;/q2*-1;. The Bertz CT molecular complexity index is 2940. The molecule has 0 aliphatic rings. The van der Waals surface area contributed by atoms with Crippen molar-refractivity contribution in [3.8, 4) is 28.3 Å². The Labute approximate surface area is 367 Å². The van der Waals surface area contributed by atoms with Crippen LogP contribution in [0.3, 0.4) is 0 Å². The Hall–Kier alpha value is -5.27. The second-order valence-corrected chi connectivity index (χ2v) is 23.2. The zero-order valence-corrected chi connectivity index (χ0v) is 39.4. The first-order valence-electron chi connectivity index (χ1n) is 20.5. The molecule has 9 aromatic rings. The Kier molecular flexibility index (Phi) is 11.9. The molecule has 0 spiro atoms. The topological polar surface area (TPSA) is 56.7 Å². The van der Waals surface area contributed by atoms with E-state index in [1.165, 1.54) is 39.7 Å². The summed E-state index contributed by atoms with van der Waals surface area (Å²) < 4.78 is 22.9. The van der Waals surface area contributed by atoms with Crippen LogP contribution in [0.15, 0.2) is 120 Å². The van der Waals surface area contributed by atoms with Crippen molar-refractivity contribution in [1.29, 1.82) is 0 Å². The maximum Gasteiger partial charge on any atom is 0.216 e. The number of fused-ring (bicyclic) bond motifs is 5. The third kappa shape index (κ3) is 8.26. The molecular formula is C52H51FIrN4OSi-2. The first-order chi connectivity index (χ1) is 28.1. The van der Waals surface area contributed by atoms with Crippen LogP contribution in [0.2, 0.25) is 19.6 Å². The van der Waals surface area contributed by atoms with E-state index < -0.39 is 8.07 Å². The summed E-state index contributed by atoms with van der Waals surface area (Å²) in [6.45, 7) is 22.9. The van der Waals surface area contributed by atoms with Crippen molar-refractivity contribution >= 4 is 57.3 Å². The summed E-state index contributed by atoms with van der Waals surface area (Å²) in [7, 11) is -1.23. The van der Waals surface area contributed by atoms with Crippen LogP contribution in [-0.4, -0.2) is 27.6 Å². The molecule has 0 atom stereocenters. The van der Waals surface area contributed by atoms with E-state index in [1.54, 1.807) is 6.07 Å². The summed E-state index contributed by atoms with van der Waals surface area (Å²) >= 11 is 0. The van der Waals surface area contributed by atoms with E-state index in [9.17, 15) is 4.39 Å². The van der Waals surface area contributed by atoms with Crippen molar-refractivity contribution < 1.29 is 28.9 Å². The molecule has 0 fully saturated rings. The molecule has 8 heteroatoms. The summed E-state index contributed by atoms with van der Waals surface area (Å²) in [4.78, 5) is 14.5. The molecule has 1 radical (unpaired) electrons. The van der Waals surface area contributed by atoms with Crippen LogP contribution >= 0.6 is 0 Å². The van der Waals surface area contributed by atoms with Crippen LogP contribution < -0.4 is 5.19 Å². The van der Waals surface area contributed by atoms with Gasteiger partial charge < -0.3 is 14.0 Å². The van der Waals surface area contributed by atoms with E-state index in [1.807, 2.05) is 54.7 Å². The van der Waals surface area contributed by atoms with Crippen molar-refractivity contribution in [1.82, 2.24) is 19.5 Å². The van der Waals surface area contributed by atoms with E-state index in [0.717, 1.165) is 49.8 Å². The number of hydrogen-bond acceptors (Lipinski definition) is 4. The quantitative estimate of drug-likeness (QED) is 0.123. The van der Waals surface area contributed by atoms with Gasteiger partial charge >= 0.3 is 0 Å². The van der Waals surface area contributed by atoms with Crippen LogP contribution in [0.5, 0.6) is 0 Å². The third-order valence-electron chi connectivity index (χ3n) is 11.1. The van der Waals surface area contributed by atoms with Gasteiger partial charge in [-0.15, -0.1) is 54.1 Å². The molecule has 0 aliphatic carbocycles. The average Bonchev–Trinajstić information content (AvgIpc) is 3.77. The smallest absolute Gasteiger partial charge is 0.216 e. The number of para-hydroxylation sites is 2. The van der Waals surface area contributed by atoms with Gasteiger partial charge in [0.05, 0.1) is 36.0 Å². The second-order valence-electron chi connectivity index (χ2n) is 18.2. The number of benzene rings is 5.